The van der Waals surface area contributed by atoms with Gasteiger partial charge < -0.3 is 10.2 Å². The number of allylic oxidation sites excluding steroid dienone is 1. The highest BCUT2D eigenvalue weighted by molar-refractivity contribution is 8.00. The Morgan fingerprint density at radius 2 is 2.27 bits per heavy atom. The van der Waals surface area contributed by atoms with E-state index in [0.717, 1.165) is 12.8 Å². The Morgan fingerprint density at radius 1 is 1.55 bits per heavy atom. The quantitative estimate of drug-likeness (QED) is 0.621. The molecule has 64 valence electrons. The van der Waals surface area contributed by atoms with Crippen molar-refractivity contribution in [2.75, 3.05) is 5.75 Å². The van der Waals surface area contributed by atoms with Gasteiger partial charge in [0.25, 0.3) is 0 Å². The molecule has 0 spiro atoms. The van der Waals surface area contributed by atoms with Gasteiger partial charge >= 0.3 is 0 Å². The van der Waals surface area contributed by atoms with Crippen LogP contribution in [0, 0.1) is 0 Å². The maximum absolute atomic E-state index is 9.38. The molecular weight excluding hydrogens is 160 g/mol. The molecule has 0 aliphatic carbocycles. The minimum Gasteiger partial charge on any atom is -0.390 e. The lowest BCUT2D eigenvalue weighted by molar-refractivity contribution is 0.0409. The molecule has 0 aromatic carbocycles. The molecule has 1 aliphatic heterocycles. The Bertz CT molecular complexity index is 138. The van der Waals surface area contributed by atoms with Crippen LogP contribution in [0.4, 0.5) is 0 Å². The molecule has 2 nitrogen and oxygen atoms in total. The zero-order valence-corrected chi connectivity index (χ0v) is 7.26. The van der Waals surface area contributed by atoms with Crippen LogP contribution in [0.3, 0.4) is 0 Å². The van der Waals surface area contributed by atoms with Crippen molar-refractivity contribution < 1.29 is 10.2 Å². The zero-order valence-electron chi connectivity index (χ0n) is 6.44. The standard InChI is InChI=1S/C8H14O2S/c1-2-3-4-7-8(10)6(9)5-11-7/h2,6-10H,1,3-5H2/t6?,7-,8-/m0/s1. The third-order valence-electron chi connectivity index (χ3n) is 1.91. The average Bonchev–Trinajstić information content (AvgIpc) is 2.31. The highest BCUT2D eigenvalue weighted by Crippen LogP contribution is 2.30. The van der Waals surface area contributed by atoms with Crippen LogP contribution in [0.2, 0.25) is 0 Å². The summed E-state index contributed by atoms with van der Waals surface area (Å²) in [5.41, 5.74) is 0. The summed E-state index contributed by atoms with van der Waals surface area (Å²) < 4.78 is 0. The number of hydrogen-bond donors (Lipinski definition) is 2. The van der Waals surface area contributed by atoms with Crippen molar-refractivity contribution in [3.05, 3.63) is 12.7 Å². The fourth-order valence-corrected chi connectivity index (χ4v) is 2.53. The summed E-state index contributed by atoms with van der Waals surface area (Å²) in [6.07, 6.45) is 2.64. The first-order valence-corrected chi connectivity index (χ1v) is 4.89. The molecule has 1 rings (SSSR count). The number of aliphatic hydroxyl groups is 2. The lowest BCUT2D eigenvalue weighted by atomic mass is 10.1. The lowest BCUT2D eigenvalue weighted by Crippen LogP contribution is -2.28. The second-order valence-corrected chi connectivity index (χ2v) is 4.07. The van der Waals surface area contributed by atoms with Crippen LogP contribution >= 0.6 is 11.8 Å². The lowest BCUT2D eigenvalue weighted by Gasteiger charge is -2.13. The first-order valence-electron chi connectivity index (χ1n) is 3.84. The SMILES string of the molecule is C=CCC[C@@H]1SCC(O)[C@@H]1O. The van der Waals surface area contributed by atoms with Gasteiger partial charge in [0, 0.05) is 11.0 Å². The van der Waals surface area contributed by atoms with Crippen molar-refractivity contribution in [1.82, 2.24) is 0 Å². The van der Waals surface area contributed by atoms with Crippen LogP contribution in [0.15, 0.2) is 12.7 Å². The fraction of sp³-hybridized carbons (Fsp3) is 0.750. The predicted octanol–water partition coefficient (Wildman–Crippen LogP) is 0.790. The van der Waals surface area contributed by atoms with Gasteiger partial charge in [-0.2, -0.15) is 11.8 Å². The zero-order chi connectivity index (χ0) is 8.27. The van der Waals surface area contributed by atoms with E-state index in [2.05, 4.69) is 6.58 Å². The highest BCUT2D eigenvalue weighted by Gasteiger charge is 2.32. The van der Waals surface area contributed by atoms with Gasteiger partial charge in [-0.05, 0) is 12.8 Å². The second-order valence-electron chi connectivity index (χ2n) is 2.80. The molecule has 3 atom stereocenters. The van der Waals surface area contributed by atoms with Crippen molar-refractivity contribution in [2.45, 2.75) is 30.3 Å². The molecule has 0 radical (unpaired) electrons. The summed E-state index contributed by atoms with van der Waals surface area (Å²) >= 11 is 1.65. The molecule has 1 fully saturated rings. The van der Waals surface area contributed by atoms with Crippen molar-refractivity contribution in [1.29, 1.82) is 0 Å². The van der Waals surface area contributed by atoms with E-state index >= 15 is 0 Å². The van der Waals surface area contributed by atoms with E-state index in [1.807, 2.05) is 6.08 Å². The van der Waals surface area contributed by atoms with Gasteiger partial charge in [0.05, 0.1) is 12.2 Å². The maximum atomic E-state index is 9.38. The van der Waals surface area contributed by atoms with E-state index in [9.17, 15) is 10.2 Å². The van der Waals surface area contributed by atoms with Crippen LogP contribution in [0.5, 0.6) is 0 Å². The van der Waals surface area contributed by atoms with Gasteiger partial charge in [0.2, 0.25) is 0 Å². The molecule has 0 bridgehead atoms. The molecular formula is C8H14O2S. The maximum Gasteiger partial charge on any atom is 0.0925 e. The normalized spacial score (nSPS) is 37.5. The van der Waals surface area contributed by atoms with Crippen molar-refractivity contribution in [3.8, 4) is 0 Å². The molecule has 2 N–H and O–H groups in total. The van der Waals surface area contributed by atoms with E-state index in [0.29, 0.717) is 5.75 Å². The smallest absolute Gasteiger partial charge is 0.0925 e. The van der Waals surface area contributed by atoms with Crippen molar-refractivity contribution >= 4 is 11.8 Å². The van der Waals surface area contributed by atoms with Crippen LogP contribution < -0.4 is 0 Å². The number of thioether (sulfide) groups is 1. The molecule has 1 unspecified atom stereocenters. The van der Waals surface area contributed by atoms with Crippen LogP contribution in [-0.4, -0.2) is 33.4 Å². The van der Waals surface area contributed by atoms with Gasteiger partial charge in [0.15, 0.2) is 0 Å². The van der Waals surface area contributed by atoms with E-state index in [1.54, 1.807) is 11.8 Å². The molecule has 1 aliphatic rings. The van der Waals surface area contributed by atoms with Gasteiger partial charge in [0.1, 0.15) is 0 Å². The summed E-state index contributed by atoms with van der Waals surface area (Å²) in [5.74, 6) is 0.670. The van der Waals surface area contributed by atoms with Crippen LogP contribution in [-0.2, 0) is 0 Å². The van der Waals surface area contributed by atoms with Crippen LogP contribution in [0.25, 0.3) is 0 Å². The number of aliphatic hydroxyl groups excluding tert-OH is 2. The Labute approximate surface area is 71.3 Å². The van der Waals surface area contributed by atoms with Crippen molar-refractivity contribution in [2.24, 2.45) is 0 Å². The van der Waals surface area contributed by atoms with E-state index < -0.39 is 12.2 Å². The van der Waals surface area contributed by atoms with Crippen LogP contribution in [0.1, 0.15) is 12.8 Å². The molecule has 0 aromatic rings. The molecule has 3 heteroatoms. The molecule has 1 saturated heterocycles. The Morgan fingerprint density at radius 3 is 2.73 bits per heavy atom. The minimum absolute atomic E-state index is 0.211. The summed E-state index contributed by atoms with van der Waals surface area (Å²) in [6.45, 7) is 3.61. The summed E-state index contributed by atoms with van der Waals surface area (Å²) in [4.78, 5) is 0. The van der Waals surface area contributed by atoms with Gasteiger partial charge in [-0.3, -0.25) is 0 Å². The highest BCUT2D eigenvalue weighted by atomic mass is 32.2. The van der Waals surface area contributed by atoms with Crippen molar-refractivity contribution in [3.63, 3.8) is 0 Å². The monoisotopic (exact) mass is 174 g/mol. The first-order chi connectivity index (χ1) is 5.25. The number of rotatable bonds is 3. The Balaban J connectivity index is 2.29. The van der Waals surface area contributed by atoms with Gasteiger partial charge in [-0.1, -0.05) is 6.08 Å². The predicted molar refractivity (Wildman–Crippen MR) is 47.7 cm³/mol. The Kier molecular flexibility index (Phi) is 3.43. The third kappa shape index (κ3) is 2.22. The molecule has 1 heterocycles. The molecule has 0 amide bonds. The fourth-order valence-electron chi connectivity index (χ4n) is 1.20. The van der Waals surface area contributed by atoms with E-state index in [1.165, 1.54) is 0 Å². The molecule has 0 saturated carbocycles. The van der Waals surface area contributed by atoms with Gasteiger partial charge in [-0.25, -0.2) is 0 Å². The number of hydrogen-bond acceptors (Lipinski definition) is 3. The first kappa shape index (κ1) is 9.10. The minimum atomic E-state index is -0.528. The molecule has 11 heavy (non-hydrogen) atoms. The summed E-state index contributed by atoms with van der Waals surface area (Å²) in [5, 5.41) is 18.8. The third-order valence-corrected chi connectivity index (χ3v) is 3.39. The Hall–Kier alpha value is 0.01000. The second kappa shape index (κ2) is 4.14. The average molecular weight is 174 g/mol. The van der Waals surface area contributed by atoms with E-state index in [-0.39, 0.29) is 5.25 Å². The largest absolute Gasteiger partial charge is 0.390 e. The molecule has 0 aromatic heterocycles. The summed E-state index contributed by atoms with van der Waals surface area (Å²) in [7, 11) is 0. The summed E-state index contributed by atoms with van der Waals surface area (Å²) in [6, 6.07) is 0. The van der Waals surface area contributed by atoms with E-state index in [4.69, 9.17) is 0 Å². The topological polar surface area (TPSA) is 40.5 Å². The van der Waals surface area contributed by atoms with Gasteiger partial charge in [-0.15, -0.1) is 6.58 Å².